The Bertz CT molecular complexity index is 197. The Morgan fingerprint density at radius 2 is 1.81 bits per heavy atom. The molecule has 1 saturated carbocycles. The number of likely N-dealkylation sites (tertiary alicyclic amines) is 1. The first kappa shape index (κ1) is 12.4. The summed E-state index contributed by atoms with van der Waals surface area (Å²) < 4.78 is 0. The molecule has 2 rings (SSSR count). The smallest absolute Gasteiger partial charge is 0.0110 e. The van der Waals surface area contributed by atoms with Crippen LogP contribution in [0.1, 0.15) is 52.4 Å². The maximum atomic E-state index is 3.75. The number of nitrogens with one attached hydrogen (secondary N) is 1. The van der Waals surface area contributed by atoms with Crippen LogP contribution in [0, 0.1) is 5.92 Å². The quantitative estimate of drug-likeness (QED) is 0.790. The van der Waals surface area contributed by atoms with E-state index in [1.807, 2.05) is 0 Å². The Morgan fingerprint density at radius 3 is 2.44 bits per heavy atom. The summed E-state index contributed by atoms with van der Waals surface area (Å²) in [7, 11) is 0. The normalized spacial score (nSPS) is 36.8. The van der Waals surface area contributed by atoms with Crippen LogP contribution in [0.15, 0.2) is 0 Å². The molecule has 0 aromatic rings. The standard InChI is InChI=1S/C14H28N2/c1-12-5-7-14(8-6-12)15-9-11-16-10-3-4-13(16)2/h12-15H,3-11H2,1-2H3. The van der Waals surface area contributed by atoms with E-state index in [-0.39, 0.29) is 0 Å². The van der Waals surface area contributed by atoms with Gasteiger partial charge >= 0.3 is 0 Å². The van der Waals surface area contributed by atoms with E-state index in [9.17, 15) is 0 Å². The molecule has 1 N–H and O–H groups in total. The largest absolute Gasteiger partial charge is 0.313 e. The lowest BCUT2D eigenvalue weighted by atomic mass is 9.87. The van der Waals surface area contributed by atoms with Gasteiger partial charge in [0.25, 0.3) is 0 Å². The second-order valence-corrected chi connectivity index (χ2v) is 5.94. The van der Waals surface area contributed by atoms with E-state index in [2.05, 4.69) is 24.1 Å². The third-order valence-electron chi connectivity index (χ3n) is 4.54. The van der Waals surface area contributed by atoms with Crippen molar-refractivity contribution < 1.29 is 0 Å². The van der Waals surface area contributed by atoms with Gasteiger partial charge in [0.05, 0.1) is 0 Å². The predicted molar refractivity (Wildman–Crippen MR) is 69.7 cm³/mol. The van der Waals surface area contributed by atoms with Gasteiger partial charge in [-0.3, -0.25) is 4.90 Å². The van der Waals surface area contributed by atoms with E-state index in [0.29, 0.717) is 0 Å². The maximum absolute atomic E-state index is 3.75. The molecule has 1 saturated heterocycles. The molecular weight excluding hydrogens is 196 g/mol. The lowest BCUT2D eigenvalue weighted by molar-refractivity contribution is 0.249. The van der Waals surface area contributed by atoms with Crippen LogP contribution in [0.3, 0.4) is 0 Å². The van der Waals surface area contributed by atoms with Crippen LogP contribution in [-0.2, 0) is 0 Å². The second kappa shape index (κ2) is 6.02. The minimum absolute atomic E-state index is 0.814. The zero-order valence-corrected chi connectivity index (χ0v) is 11.0. The van der Waals surface area contributed by atoms with Crippen LogP contribution < -0.4 is 5.32 Å². The Kier molecular flexibility index (Phi) is 4.66. The summed E-state index contributed by atoms with van der Waals surface area (Å²) in [5.74, 6) is 0.969. The minimum atomic E-state index is 0.814. The summed E-state index contributed by atoms with van der Waals surface area (Å²) in [5, 5.41) is 3.75. The van der Waals surface area contributed by atoms with Gasteiger partial charge in [0.15, 0.2) is 0 Å². The molecule has 1 aliphatic heterocycles. The molecule has 0 amide bonds. The molecule has 1 heterocycles. The first-order valence-corrected chi connectivity index (χ1v) is 7.23. The molecule has 16 heavy (non-hydrogen) atoms. The molecule has 0 radical (unpaired) electrons. The monoisotopic (exact) mass is 224 g/mol. The molecule has 1 aliphatic carbocycles. The van der Waals surface area contributed by atoms with E-state index >= 15 is 0 Å². The number of nitrogens with zero attached hydrogens (tertiary/aromatic N) is 1. The molecule has 2 nitrogen and oxygen atoms in total. The van der Waals surface area contributed by atoms with Crippen molar-refractivity contribution >= 4 is 0 Å². The molecular formula is C14H28N2. The third kappa shape index (κ3) is 3.46. The van der Waals surface area contributed by atoms with E-state index in [1.54, 1.807) is 0 Å². The molecule has 2 heteroatoms. The van der Waals surface area contributed by atoms with Crippen molar-refractivity contribution in [3.63, 3.8) is 0 Å². The SMILES string of the molecule is CC1CCC(NCCN2CCCC2C)CC1. The second-order valence-electron chi connectivity index (χ2n) is 5.94. The van der Waals surface area contributed by atoms with Crippen molar-refractivity contribution in [3.05, 3.63) is 0 Å². The van der Waals surface area contributed by atoms with Crippen molar-refractivity contribution in [1.82, 2.24) is 10.2 Å². The summed E-state index contributed by atoms with van der Waals surface area (Å²) in [6.45, 7) is 8.54. The Morgan fingerprint density at radius 1 is 1.06 bits per heavy atom. The lowest BCUT2D eigenvalue weighted by Gasteiger charge is -2.28. The fourth-order valence-electron chi connectivity index (χ4n) is 3.20. The molecule has 1 atom stereocenters. The average Bonchev–Trinajstić information content (AvgIpc) is 2.68. The van der Waals surface area contributed by atoms with Crippen molar-refractivity contribution in [2.75, 3.05) is 19.6 Å². The number of rotatable bonds is 4. The van der Waals surface area contributed by atoms with Crippen molar-refractivity contribution in [3.8, 4) is 0 Å². The zero-order chi connectivity index (χ0) is 11.4. The molecule has 0 spiro atoms. The van der Waals surface area contributed by atoms with E-state index in [4.69, 9.17) is 0 Å². The van der Waals surface area contributed by atoms with Crippen molar-refractivity contribution in [2.45, 2.75) is 64.5 Å². The highest BCUT2D eigenvalue weighted by Crippen LogP contribution is 2.23. The minimum Gasteiger partial charge on any atom is -0.313 e. The average molecular weight is 224 g/mol. The maximum Gasteiger partial charge on any atom is 0.0110 e. The summed E-state index contributed by atoms with van der Waals surface area (Å²) in [6.07, 6.45) is 8.46. The third-order valence-corrected chi connectivity index (χ3v) is 4.54. The fraction of sp³-hybridized carbons (Fsp3) is 1.00. The van der Waals surface area contributed by atoms with Gasteiger partial charge in [0.2, 0.25) is 0 Å². The highest BCUT2D eigenvalue weighted by Gasteiger charge is 2.21. The van der Waals surface area contributed by atoms with E-state index in [1.165, 1.54) is 58.2 Å². The summed E-state index contributed by atoms with van der Waals surface area (Å²) in [5.41, 5.74) is 0. The molecule has 2 aliphatic rings. The van der Waals surface area contributed by atoms with Crippen LogP contribution >= 0.6 is 0 Å². The first-order chi connectivity index (χ1) is 7.75. The van der Waals surface area contributed by atoms with Crippen LogP contribution in [0.4, 0.5) is 0 Å². The molecule has 0 aromatic heterocycles. The van der Waals surface area contributed by atoms with Crippen LogP contribution in [0.25, 0.3) is 0 Å². The Balaban J connectivity index is 1.57. The highest BCUT2D eigenvalue weighted by molar-refractivity contribution is 4.78. The van der Waals surface area contributed by atoms with Crippen molar-refractivity contribution in [1.29, 1.82) is 0 Å². The van der Waals surface area contributed by atoms with E-state index < -0.39 is 0 Å². The molecule has 0 aromatic carbocycles. The van der Waals surface area contributed by atoms with E-state index in [0.717, 1.165) is 18.0 Å². The van der Waals surface area contributed by atoms with Crippen LogP contribution in [0.5, 0.6) is 0 Å². The van der Waals surface area contributed by atoms with Gasteiger partial charge in [-0.15, -0.1) is 0 Å². The van der Waals surface area contributed by atoms with Crippen LogP contribution in [-0.4, -0.2) is 36.6 Å². The number of hydrogen-bond donors (Lipinski definition) is 1. The van der Waals surface area contributed by atoms with Gasteiger partial charge in [-0.1, -0.05) is 6.92 Å². The molecule has 94 valence electrons. The van der Waals surface area contributed by atoms with Gasteiger partial charge in [-0.2, -0.15) is 0 Å². The molecule has 1 unspecified atom stereocenters. The predicted octanol–water partition coefficient (Wildman–Crippen LogP) is 2.64. The topological polar surface area (TPSA) is 15.3 Å². The van der Waals surface area contributed by atoms with Gasteiger partial charge in [0, 0.05) is 25.2 Å². The first-order valence-electron chi connectivity index (χ1n) is 7.23. The van der Waals surface area contributed by atoms with Gasteiger partial charge in [-0.25, -0.2) is 0 Å². The summed E-state index contributed by atoms with van der Waals surface area (Å²) in [4.78, 5) is 2.64. The lowest BCUT2D eigenvalue weighted by Crippen LogP contribution is -2.39. The van der Waals surface area contributed by atoms with Gasteiger partial charge in [-0.05, 0) is 57.9 Å². The van der Waals surface area contributed by atoms with Gasteiger partial charge in [0.1, 0.15) is 0 Å². The molecule has 2 fully saturated rings. The van der Waals surface area contributed by atoms with Gasteiger partial charge < -0.3 is 5.32 Å². The number of hydrogen-bond acceptors (Lipinski definition) is 2. The zero-order valence-electron chi connectivity index (χ0n) is 11.0. The molecule has 0 bridgehead atoms. The highest BCUT2D eigenvalue weighted by atomic mass is 15.2. The summed E-state index contributed by atoms with van der Waals surface area (Å²) >= 11 is 0. The Hall–Kier alpha value is -0.0800. The van der Waals surface area contributed by atoms with Crippen molar-refractivity contribution in [2.24, 2.45) is 5.92 Å². The Labute approximate surface area is 101 Å². The fourth-order valence-corrected chi connectivity index (χ4v) is 3.20. The summed E-state index contributed by atoms with van der Waals surface area (Å²) in [6, 6.07) is 1.64. The van der Waals surface area contributed by atoms with Crippen LogP contribution in [0.2, 0.25) is 0 Å².